The number of carbonyl (C=O) groups is 2. The second-order valence-corrected chi connectivity index (χ2v) is 5.42. The van der Waals surface area contributed by atoms with Gasteiger partial charge in [0.15, 0.2) is 0 Å². The highest BCUT2D eigenvalue weighted by molar-refractivity contribution is 5.94. The van der Waals surface area contributed by atoms with Gasteiger partial charge < -0.3 is 20.4 Å². The molecule has 3 N–H and O–H groups in total. The Morgan fingerprint density at radius 3 is 2.57 bits per heavy atom. The summed E-state index contributed by atoms with van der Waals surface area (Å²) in [6, 6.07) is 4.75. The summed E-state index contributed by atoms with van der Waals surface area (Å²) >= 11 is 0. The van der Waals surface area contributed by atoms with Crippen molar-refractivity contribution in [1.29, 1.82) is 0 Å². The van der Waals surface area contributed by atoms with Crippen molar-refractivity contribution in [1.82, 2.24) is 10.2 Å². The molecule has 0 bridgehead atoms. The maximum atomic E-state index is 12.0. The molecule has 21 heavy (non-hydrogen) atoms. The van der Waals surface area contributed by atoms with E-state index in [2.05, 4.69) is 5.32 Å². The van der Waals surface area contributed by atoms with Crippen LogP contribution < -0.4 is 5.32 Å². The molecule has 1 aromatic rings. The minimum absolute atomic E-state index is 0.168. The van der Waals surface area contributed by atoms with Crippen LogP contribution in [-0.2, 0) is 0 Å². The summed E-state index contributed by atoms with van der Waals surface area (Å²) in [4.78, 5) is 24.2. The number of rotatable bonds is 3. The number of likely N-dealkylation sites (tertiary alicyclic amines) is 1. The molecule has 0 aromatic heterocycles. The van der Waals surface area contributed by atoms with Crippen molar-refractivity contribution in [3.63, 3.8) is 0 Å². The van der Waals surface area contributed by atoms with Gasteiger partial charge in [0.25, 0.3) is 5.91 Å². The molecule has 6 heteroatoms. The highest BCUT2D eigenvalue weighted by Crippen LogP contribution is 2.18. The van der Waals surface area contributed by atoms with Crippen molar-refractivity contribution in [2.45, 2.75) is 19.8 Å². The van der Waals surface area contributed by atoms with Gasteiger partial charge in [0.1, 0.15) is 5.75 Å². The Labute approximate surface area is 123 Å². The lowest BCUT2D eigenvalue weighted by Crippen LogP contribution is -2.40. The maximum Gasteiger partial charge on any atom is 0.407 e. The predicted octanol–water partition coefficient (Wildman–Crippen LogP) is 1.82. The molecule has 0 aliphatic carbocycles. The minimum Gasteiger partial charge on any atom is -0.508 e. The number of piperidine rings is 1. The standard InChI is InChI=1S/C15H20N2O4/c1-10-8-12(2-3-13(10)18)14(19)16-9-11-4-6-17(7-5-11)15(20)21/h2-3,8,11,18H,4-7,9H2,1H3,(H,16,19)(H,20,21). The largest absolute Gasteiger partial charge is 0.508 e. The van der Waals surface area contributed by atoms with Crippen LogP contribution in [0.1, 0.15) is 28.8 Å². The molecule has 0 spiro atoms. The predicted molar refractivity (Wildman–Crippen MR) is 77.5 cm³/mol. The van der Waals surface area contributed by atoms with E-state index in [1.807, 2.05) is 0 Å². The van der Waals surface area contributed by atoms with Crippen LogP contribution in [0.5, 0.6) is 5.75 Å². The van der Waals surface area contributed by atoms with Crippen LogP contribution in [0.25, 0.3) is 0 Å². The topological polar surface area (TPSA) is 89.9 Å². The molecule has 0 saturated carbocycles. The fraction of sp³-hybridized carbons (Fsp3) is 0.467. The van der Waals surface area contributed by atoms with Crippen LogP contribution in [-0.4, -0.2) is 46.7 Å². The number of phenolic OH excluding ortho intramolecular Hbond substituents is 1. The fourth-order valence-corrected chi connectivity index (χ4v) is 2.46. The smallest absolute Gasteiger partial charge is 0.407 e. The third-order valence-electron chi connectivity index (χ3n) is 3.90. The summed E-state index contributed by atoms with van der Waals surface area (Å²) in [6.45, 7) is 3.34. The number of hydrogen-bond acceptors (Lipinski definition) is 3. The van der Waals surface area contributed by atoms with Crippen LogP contribution in [0.4, 0.5) is 4.79 Å². The van der Waals surface area contributed by atoms with Gasteiger partial charge in [-0.05, 0) is 49.4 Å². The number of hydrogen-bond donors (Lipinski definition) is 3. The molecule has 6 nitrogen and oxygen atoms in total. The highest BCUT2D eigenvalue weighted by Gasteiger charge is 2.22. The van der Waals surface area contributed by atoms with Crippen molar-refractivity contribution in [2.24, 2.45) is 5.92 Å². The lowest BCUT2D eigenvalue weighted by molar-refractivity contribution is 0.0928. The molecule has 2 rings (SSSR count). The van der Waals surface area contributed by atoms with Crippen molar-refractivity contribution >= 4 is 12.0 Å². The molecule has 1 aliphatic rings. The van der Waals surface area contributed by atoms with E-state index in [0.29, 0.717) is 36.7 Å². The average Bonchev–Trinajstić information content (AvgIpc) is 2.48. The first-order chi connectivity index (χ1) is 9.97. The van der Waals surface area contributed by atoms with Crippen LogP contribution in [0.15, 0.2) is 18.2 Å². The van der Waals surface area contributed by atoms with Gasteiger partial charge in [-0.15, -0.1) is 0 Å². The number of carbonyl (C=O) groups excluding carboxylic acids is 1. The van der Waals surface area contributed by atoms with Gasteiger partial charge in [-0.3, -0.25) is 4.79 Å². The number of aryl methyl sites for hydroxylation is 1. The van der Waals surface area contributed by atoms with Gasteiger partial charge >= 0.3 is 6.09 Å². The van der Waals surface area contributed by atoms with Gasteiger partial charge in [-0.2, -0.15) is 0 Å². The van der Waals surface area contributed by atoms with E-state index in [9.17, 15) is 14.7 Å². The lowest BCUT2D eigenvalue weighted by atomic mass is 9.97. The maximum absolute atomic E-state index is 12.0. The molecule has 1 fully saturated rings. The molecular formula is C15H20N2O4. The summed E-state index contributed by atoms with van der Waals surface area (Å²) in [7, 11) is 0. The van der Waals surface area contributed by atoms with Gasteiger partial charge in [0.05, 0.1) is 0 Å². The van der Waals surface area contributed by atoms with Gasteiger partial charge in [0, 0.05) is 25.2 Å². The molecule has 0 atom stereocenters. The Morgan fingerprint density at radius 1 is 1.33 bits per heavy atom. The molecule has 0 radical (unpaired) electrons. The Hall–Kier alpha value is -2.24. The number of benzene rings is 1. The molecule has 1 saturated heterocycles. The molecule has 114 valence electrons. The third-order valence-corrected chi connectivity index (χ3v) is 3.90. The summed E-state index contributed by atoms with van der Waals surface area (Å²) in [5, 5.41) is 21.2. The van der Waals surface area contributed by atoms with Crippen molar-refractivity contribution in [3.05, 3.63) is 29.3 Å². The molecule has 1 heterocycles. The first-order valence-corrected chi connectivity index (χ1v) is 7.03. The zero-order chi connectivity index (χ0) is 15.4. The van der Waals surface area contributed by atoms with E-state index in [-0.39, 0.29) is 11.7 Å². The SMILES string of the molecule is Cc1cc(C(=O)NCC2CCN(C(=O)O)CC2)ccc1O. The van der Waals surface area contributed by atoms with E-state index in [1.165, 1.54) is 11.0 Å². The molecule has 1 aromatic carbocycles. The van der Waals surface area contributed by atoms with Crippen molar-refractivity contribution < 1.29 is 19.8 Å². The number of nitrogens with zero attached hydrogens (tertiary/aromatic N) is 1. The molecule has 2 amide bonds. The first kappa shape index (κ1) is 15.2. The van der Waals surface area contributed by atoms with Crippen LogP contribution >= 0.6 is 0 Å². The normalized spacial score (nSPS) is 15.8. The molecule has 1 aliphatic heterocycles. The number of phenols is 1. The highest BCUT2D eigenvalue weighted by atomic mass is 16.4. The Balaban J connectivity index is 1.82. The quantitative estimate of drug-likeness (QED) is 0.792. The summed E-state index contributed by atoms with van der Waals surface area (Å²) in [5.41, 5.74) is 1.19. The fourth-order valence-electron chi connectivity index (χ4n) is 2.46. The third kappa shape index (κ3) is 3.87. The monoisotopic (exact) mass is 292 g/mol. The first-order valence-electron chi connectivity index (χ1n) is 7.03. The number of amides is 2. The van der Waals surface area contributed by atoms with E-state index in [0.717, 1.165) is 12.8 Å². The van der Waals surface area contributed by atoms with Crippen molar-refractivity contribution in [3.8, 4) is 5.75 Å². The van der Waals surface area contributed by atoms with E-state index >= 15 is 0 Å². The molecule has 0 unspecified atom stereocenters. The van der Waals surface area contributed by atoms with E-state index < -0.39 is 6.09 Å². The van der Waals surface area contributed by atoms with Crippen LogP contribution in [0, 0.1) is 12.8 Å². The zero-order valence-corrected chi connectivity index (χ0v) is 12.0. The van der Waals surface area contributed by atoms with Crippen molar-refractivity contribution in [2.75, 3.05) is 19.6 Å². The minimum atomic E-state index is -0.878. The zero-order valence-electron chi connectivity index (χ0n) is 12.0. The summed E-state index contributed by atoms with van der Waals surface area (Å²) in [6.07, 6.45) is 0.652. The van der Waals surface area contributed by atoms with Gasteiger partial charge in [-0.25, -0.2) is 4.79 Å². The summed E-state index contributed by atoms with van der Waals surface area (Å²) < 4.78 is 0. The number of carboxylic acid groups (broad SMARTS) is 1. The second-order valence-electron chi connectivity index (χ2n) is 5.42. The lowest BCUT2D eigenvalue weighted by Gasteiger charge is -2.29. The van der Waals surface area contributed by atoms with Crippen LogP contribution in [0.2, 0.25) is 0 Å². The number of nitrogens with one attached hydrogen (secondary N) is 1. The van der Waals surface area contributed by atoms with Crippen LogP contribution in [0.3, 0.4) is 0 Å². The number of aromatic hydroxyl groups is 1. The Morgan fingerprint density at radius 2 is 2.00 bits per heavy atom. The second kappa shape index (κ2) is 6.47. The van der Waals surface area contributed by atoms with Gasteiger partial charge in [-0.1, -0.05) is 0 Å². The average molecular weight is 292 g/mol. The Bertz CT molecular complexity index is 536. The summed E-state index contributed by atoms with van der Waals surface area (Å²) in [5.74, 6) is 0.314. The molecular weight excluding hydrogens is 272 g/mol. The van der Waals surface area contributed by atoms with E-state index in [4.69, 9.17) is 5.11 Å². The van der Waals surface area contributed by atoms with E-state index in [1.54, 1.807) is 19.1 Å². The van der Waals surface area contributed by atoms with Gasteiger partial charge in [0.2, 0.25) is 0 Å². The Kier molecular flexibility index (Phi) is 4.67.